The second-order valence-electron chi connectivity index (χ2n) is 5.25. The molecule has 0 aliphatic rings. The normalized spacial score (nSPS) is 12.9. The van der Waals surface area contributed by atoms with Crippen molar-refractivity contribution in [1.82, 2.24) is 10.2 Å². The molecule has 0 aromatic heterocycles. The molecule has 0 aliphatic heterocycles. The van der Waals surface area contributed by atoms with E-state index in [0.717, 1.165) is 36.4 Å². The molecule has 0 aliphatic carbocycles. The fourth-order valence-corrected chi connectivity index (χ4v) is 2.64. The van der Waals surface area contributed by atoms with Crippen LogP contribution in [0.3, 0.4) is 0 Å². The van der Waals surface area contributed by atoms with E-state index in [1.807, 2.05) is 23.9 Å². The zero-order chi connectivity index (χ0) is 15.0. The van der Waals surface area contributed by atoms with Crippen molar-refractivity contribution in [2.75, 3.05) is 25.6 Å². The SMILES string of the molecule is CCNCc1ccc(F)c(CN(C)C(C)CCSC)c1. The van der Waals surface area contributed by atoms with Gasteiger partial charge in [-0.1, -0.05) is 19.1 Å². The number of hydrogen-bond donors (Lipinski definition) is 1. The van der Waals surface area contributed by atoms with E-state index in [2.05, 4.69) is 37.4 Å². The van der Waals surface area contributed by atoms with E-state index < -0.39 is 0 Å². The average molecular weight is 298 g/mol. The summed E-state index contributed by atoms with van der Waals surface area (Å²) < 4.78 is 13.9. The monoisotopic (exact) mass is 298 g/mol. The summed E-state index contributed by atoms with van der Waals surface area (Å²) in [5.74, 6) is 1.04. The topological polar surface area (TPSA) is 15.3 Å². The standard InChI is InChI=1S/C16H27FN2S/c1-5-18-11-14-6-7-16(17)15(10-14)12-19(3)13(2)8-9-20-4/h6-7,10,13,18H,5,8-9,11-12H2,1-4H3. The smallest absolute Gasteiger partial charge is 0.127 e. The summed E-state index contributed by atoms with van der Waals surface area (Å²) in [6.07, 6.45) is 3.26. The molecule has 0 radical (unpaired) electrons. The highest BCUT2D eigenvalue weighted by Crippen LogP contribution is 2.15. The van der Waals surface area contributed by atoms with Gasteiger partial charge in [-0.25, -0.2) is 4.39 Å². The van der Waals surface area contributed by atoms with Crippen molar-refractivity contribution >= 4 is 11.8 Å². The van der Waals surface area contributed by atoms with E-state index in [1.54, 1.807) is 6.07 Å². The number of halogens is 1. The van der Waals surface area contributed by atoms with Crippen molar-refractivity contribution in [2.24, 2.45) is 0 Å². The molecule has 1 aromatic carbocycles. The van der Waals surface area contributed by atoms with Gasteiger partial charge in [0.15, 0.2) is 0 Å². The minimum absolute atomic E-state index is 0.103. The Bertz CT molecular complexity index is 398. The second kappa shape index (κ2) is 9.37. The van der Waals surface area contributed by atoms with Crippen LogP contribution < -0.4 is 5.32 Å². The summed E-state index contributed by atoms with van der Waals surface area (Å²) in [5, 5.41) is 3.28. The van der Waals surface area contributed by atoms with Gasteiger partial charge in [-0.3, -0.25) is 4.90 Å². The number of thioether (sulfide) groups is 1. The zero-order valence-electron chi connectivity index (χ0n) is 13.1. The highest BCUT2D eigenvalue weighted by atomic mass is 32.2. The first-order valence-electron chi connectivity index (χ1n) is 7.25. The molecule has 1 unspecified atom stereocenters. The van der Waals surface area contributed by atoms with Crippen LogP contribution in [0.15, 0.2) is 18.2 Å². The first kappa shape index (κ1) is 17.5. The summed E-state index contributed by atoms with van der Waals surface area (Å²) in [6.45, 7) is 6.68. The highest BCUT2D eigenvalue weighted by molar-refractivity contribution is 7.98. The third-order valence-corrected chi connectivity index (χ3v) is 4.25. The minimum Gasteiger partial charge on any atom is -0.313 e. The molecule has 0 heterocycles. The van der Waals surface area contributed by atoms with Crippen molar-refractivity contribution in [2.45, 2.75) is 39.4 Å². The van der Waals surface area contributed by atoms with Gasteiger partial charge in [0.05, 0.1) is 0 Å². The van der Waals surface area contributed by atoms with Crippen molar-refractivity contribution in [3.8, 4) is 0 Å². The van der Waals surface area contributed by atoms with E-state index in [-0.39, 0.29) is 5.82 Å². The molecule has 1 aromatic rings. The van der Waals surface area contributed by atoms with Crippen LogP contribution in [0, 0.1) is 5.82 Å². The molecule has 0 saturated carbocycles. The number of nitrogens with zero attached hydrogens (tertiary/aromatic N) is 1. The Hall–Kier alpha value is -0.580. The lowest BCUT2D eigenvalue weighted by Gasteiger charge is -2.25. The van der Waals surface area contributed by atoms with Gasteiger partial charge in [0.25, 0.3) is 0 Å². The molecule has 0 spiro atoms. The molecule has 1 N–H and O–H groups in total. The summed E-state index contributed by atoms with van der Waals surface area (Å²) in [7, 11) is 2.07. The van der Waals surface area contributed by atoms with E-state index in [0.29, 0.717) is 12.6 Å². The molecular formula is C16H27FN2S. The summed E-state index contributed by atoms with van der Waals surface area (Å²) in [6, 6.07) is 5.90. The largest absolute Gasteiger partial charge is 0.313 e. The maximum atomic E-state index is 13.9. The minimum atomic E-state index is -0.103. The Balaban J connectivity index is 2.65. The second-order valence-corrected chi connectivity index (χ2v) is 6.24. The third kappa shape index (κ3) is 5.81. The molecule has 20 heavy (non-hydrogen) atoms. The number of hydrogen-bond acceptors (Lipinski definition) is 3. The Morgan fingerprint density at radius 3 is 2.80 bits per heavy atom. The molecule has 0 fully saturated rings. The van der Waals surface area contributed by atoms with Gasteiger partial charge in [-0.05, 0) is 50.6 Å². The Morgan fingerprint density at radius 2 is 2.15 bits per heavy atom. The van der Waals surface area contributed by atoms with Crippen LogP contribution >= 0.6 is 11.8 Å². The van der Waals surface area contributed by atoms with Gasteiger partial charge in [-0.15, -0.1) is 0 Å². The number of benzene rings is 1. The van der Waals surface area contributed by atoms with Crippen molar-refractivity contribution in [3.05, 3.63) is 35.1 Å². The summed E-state index contributed by atoms with van der Waals surface area (Å²) in [5.41, 5.74) is 1.94. The maximum Gasteiger partial charge on any atom is 0.127 e. The first-order valence-corrected chi connectivity index (χ1v) is 8.65. The average Bonchev–Trinajstić information content (AvgIpc) is 2.45. The molecule has 0 bridgehead atoms. The van der Waals surface area contributed by atoms with Gasteiger partial charge >= 0.3 is 0 Å². The Morgan fingerprint density at radius 1 is 1.40 bits per heavy atom. The maximum absolute atomic E-state index is 13.9. The van der Waals surface area contributed by atoms with Gasteiger partial charge in [0.2, 0.25) is 0 Å². The molecule has 0 saturated heterocycles. The highest BCUT2D eigenvalue weighted by Gasteiger charge is 2.12. The molecule has 4 heteroatoms. The van der Waals surface area contributed by atoms with Crippen LogP contribution in [-0.2, 0) is 13.1 Å². The van der Waals surface area contributed by atoms with E-state index in [1.165, 1.54) is 0 Å². The lowest BCUT2D eigenvalue weighted by Crippen LogP contribution is -2.29. The molecule has 1 atom stereocenters. The number of rotatable bonds is 9. The quantitative estimate of drug-likeness (QED) is 0.751. The molecule has 114 valence electrons. The molecule has 2 nitrogen and oxygen atoms in total. The Labute approximate surface area is 127 Å². The fraction of sp³-hybridized carbons (Fsp3) is 0.625. The predicted molar refractivity (Wildman–Crippen MR) is 87.7 cm³/mol. The van der Waals surface area contributed by atoms with Crippen LogP contribution in [0.2, 0.25) is 0 Å². The van der Waals surface area contributed by atoms with Crippen LogP contribution in [-0.4, -0.2) is 36.5 Å². The van der Waals surface area contributed by atoms with Crippen LogP contribution in [0.5, 0.6) is 0 Å². The van der Waals surface area contributed by atoms with E-state index >= 15 is 0 Å². The molecular weight excluding hydrogens is 271 g/mol. The molecule has 1 rings (SSSR count). The van der Waals surface area contributed by atoms with Crippen molar-refractivity contribution in [1.29, 1.82) is 0 Å². The fourth-order valence-electron chi connectivity index (χ4n) is 2.06. The summed E-state index contributed by atoms with van der Waals surface area (Å²) in [4.78, 5) is 2.23. The van der Waals surface area contributed by atoms with Crippen LogP contribution in [0.25, 0.3) is 0 Å². The lowest BCUT2D eigenvalue weighted by atomic mass is 10.1. The van der Waals surface area contributed by atoms with E-state index in [4.69, 9.17) is 0 Å². The zero-order valence-corrected chi connectivity index (χ0v) is 13.9. The Kier molecular flexibility index (Phi) is 8.19. The van der Waals surface area contributed by atoms with Crippen LogP contribution in [0.1, 0.15) is 31.4 Å². The summed E-state index contributed by atoms with van der Waals surface area (Å²) >= 11 is 1.86. The lowest BCUT2D eigenvalue weighted by molar-refractivity contribution is 0.242. The van der Waals surface area contributed by atoms with Crippen LogP contribution in [0.4, 0.5) is 4.39 Å². The van der Waals surface area contributed by atoms with Gasteiger partial charge in [0, 0.05) is 24.7 Å². The number of nitrogens with one attached hydrogen (secondary N) is 1. The molecule has 0 amide bonds. The van der Waals surface area contributed by atoms with Gasteiger partial charge in [-0.2, -0.15) is 11.8 Å². The first-order chi connectivity index (χ1) is 9.58. The van der Waals surface area contributed by atoms with Gasteiger partial charge in [0.1, 0.15) is 5.82 Å². The van der Waals surface area contributed by atoms with Crippen molar-refractivity contribution < 1.29 is 4.39 Å². The predicted octanol–water partition coefficient (Wildman–Crippen LogP) is 3.51. The van der Waals surface area contributed by atoms with E-state index in [9.17, 15) is 4.39 Å². The van der Waals surface area contributed by atoms with Crippen molar-refractivity contribution in [3.63, 3.8) is 0 Å². The van der Waals surface area contributed by atoms with Gasteiger partial charge < -0.3 is 5.32 Å². The third-order valence-electron chi connectivity index (χ3n) is 3.60.